The molecule has 0 bridgehead atoms. The lowest BCUT2D eigenvalue weighted by molar-refractivity contribution is 0.768. The maximum atomic E-state index is 3.24. The molecule has 0 rings (SSSR count). The molecule has 1 heteroatoms. The Morgan fingerprint density at radius 1 is 1.75 bits per heavy atom. The molecule has 0 aromatic rings. The molecule has 0 fully saturated rings. The van der Waals surface area contributed by atoms with Crippen molar-refractivity contribution in [2.45, 2.75) is 27.2 Å². The summed E-state index contributed by atoms with van der Waals surface area (Å²) in [5.74, 6) is 0. The quantitative estimate of drug-likeness (QED) is 0.594. The Morgan fingerprint density at radius 3 is 2.75 bits per heavy atom. The second-order valence-electron chi connectivity index (χ2n) is 1.90. The Labute approximate surface area is 53.3 Å². The zero-order valence-corrected chi connectivity index (χ0v) is 5.99. The highest BCUT2D eigenvalue weighted by atomic mass is 14.9. The molecule has 0 radical (unpaired) electrons. The summed E-state index contributed by atoms with van der Waals surface area (Å²) in [5, 5.41) is 3.24. The van der Waals surface area contributed by atoms with Crippen molar-refractivity contribution in [1.29, 1.82) is 0 Å². The van der Waals surface area contributed by atoms with Gasteiger partial charge in [-0.25, -0.2) is 0 Å². The highest BCUT2D eigenvalue weighted by Crippen LogP contribution is 1.83. The van der Waals surface area contributed by atoms with Gasteiger partial charge in [0, 0.05) is 13.7 Å². The van der Waals surface area contributed by atoms with Crippen LogP contribution < -0.4 is 5.32 Å². The third-order valence-electron chi connectivity index (χ3n) is 1.09. The van der Waals surface area contributed by atoms with Crippen LogP contribution in [0.5, 0.6) is 0 Å². The minimum atomic E-state index is 0. The highest BCUT2D eigenvalue weighted by molar-refractivity contribution is 4.91. The number of hydrogen-bond acceptors (Lipinski definition) is 1. The van der Waals surface area contributed by atoms with Crippen LogP contribution in [0.15, 0.2) is 11.8 Å². The van der Waals surface area contributed by atoms with Crippen molar-refractivity contribution in [2.24, 2.45) is 0 Å². The van der Waals surface area contributed by atoms with Crippen molar-refractivity contribution in [3.8, 4) is 0 Å². The van der Waals surface area contributed by atoms with Gasteiger partial charge in [0.05, 0.1) is 0 Å². The maximum absolute atomic E-state index is 3.24. The lowest BCUT2D eigenvalue weighted by Crippen LogP contribution is -2.10. The smallest absolute Gasteiger partial charge is 0.0141 e. The van der Waals surface area contributed by atoms with Gasteiger partial charge in [-0.1, -0.05) is 13.0 Å². The van der Waals surface area contributed by atoms with Crippen molar-refractivity contribution in [1.82, 2.24) is 5.32 Å². The van der Waals surface area contributed by atoms with Crippen molar-refractivity contribution in [3.05, 3.63) is 11.8 Å². The van der Waals surface area contributed by atoms with E-state index in [9.17, 15) is 0 Å². The summed E-state index contributed by atoms with van der Waals surface area (Å²) >= 11 is 0. The van der Waals surface area contributed by atoms with Crippen LogP contribution in [-0.4, -0.2) is 6.54 Å². The fourth-order valence-electron chi connectivity index (χ4n) is 0.424. The normalized spacial score (nSPS) is 11.6. The van der Waals surface area contributed by atoms with Crippen molar-refractivity contribution >= 4 is 0 Å². The predicted octanol–water partition coefficient (Wildman–Crippen LogP) is 2.16. The van der Waals surface area contributed by atoms with Gasteiger partial charge < -0.3 is 5.32 Å². The third kappa shape index (κ3) is 3.72. The van der Waals surface area contributed by atoms with E-state index in [0.717, 1.165) is 6.54 Å². The molecule has 1 nitrogen and oxygen atoms in total. The average molecular weight is 115 g/mol. The lowest BCUT2D eigenvalue weighted by Gasteiger charge is -2.01. The van der Waals surface area contributed by atoms with Gasteiger partial charge in [0.25, 0.3) is 0 Å². The van der Waals surface area contributed by atoms with Crippen molar-refractivity contribution in [2.75, 3.05) is 6.54 Å². The Balaban J connectivity index is 0. The van der Waals surface area contributed by atoms with Crippen molar-refractivity contribution in [3.63, 3.8) is 0 Å². The molecule has 8 heavy (non-hydrogen) atoms. The molecule has 0 aliphatic rings. The number of hydrogen-bond donors (Lipinski definition) is 1. The van der Waals surface area contributed by atoms with E-state index in [2.05, 4.69) is 25.2 Å². The Morgan fingerprint density at radius 2 is 2.38 bits per heavy atom. The number of rotatable bonds is 3. The van der Waals surface area contributed by atoms with Gasteiger partial charge >= 0.3 is 0 Å². The van der Waals surface area contributed by atoms with Gasteiger partial charge in [0.1, 0.15) is 0 Å². The second kappa shape index (κ2) is 4.69. The molecule has 0 aliphatic heterocycles. The fraction of sp³-hybridized carbons (Fsp3) is 0.714. The summed E-state index contributed by atoms with van der Waals surface area (Å²) in [4.78, 5) is 0. The first kappa shape index (κ1) is 7.54. The van der Waals surface area contributed by atoms with Gasteiger partial charge in [0.15, 0.2) is 0 Å². The minimum Gasteiger partial charge on any atom is -0.389 e. The summed E-state index contributed by atoms with van der Waals surface area (Å²) in [5.41, 5.74) is 1.27. The molecule has 50 valence electrons. The average Bonchev–Trinajstić information content (AvgIpc) is 1.83. The van der Waals surface area contributed by atoms with Gasteiger partial charge in [-0.3, -0.25) is 0 Å². The van der Waals surface area contributed by atoms with Crippen LogP contribution >= 0.6 is 0 Å². The maximum Gasteiger partial charge on any atom is 0.0141 e. The summed E-state index contributed by atoms with van der Waals surface area (Å²) in [7, 11) is 0. The van der Waals surface area contributed by atoms with Gasteiger partial charge in [-0.15, -0.1) is 0 Å². The van der Waals surface area contributed by atoms with Crippen molar-refractivity contribution < 1.29 is 1.43 Å². The van der Waals surface area contributed by atoms with E-state index in [-0.39, 0.29) is 1.43 Å². The monoisotopic (exact) mass is 115 g/mol. The first-order valence-corrected chi connectivity index (χ1v) is 3.18. The Kier molecular flexibility index (Phi) is 4.42. The molecular weight excluding hydrogens is 98.1 g/mol. The molecule has 0 atom stereocenters. The second-order valence-corrected chi connectivity index (χ2v) is 1.90. The standard InChI is InChI=1S/C7H15N.H2/c1-4-6-8-7(3)5-2;/h5,8H,4,6H2,1-3H3;1H/b7-5+;. The minimum absolute atomic E-state index is 0. The van der Waals surface area contributed by atoms with E-state index >= 15 is 0 Å². The van der Waals surface area contributed by atoms with E-state index in [0.29, 0.717) is 0 Å². The van der Waals surface area contributed by atoms with Gasteiger partial charge in [0.2, 0.25) is 0 Å². The largest absolute Gasteiger partial charge is 0.389 e. The van der Waals surface area contributed by atoms with Gasteiger partial charge in [-0.2, -0.15) is 0 Å². The third-order valence-corrected chi connectivity index (χ3v) is 1.09. The highest BCUT2D eigenvalue weighted by Gasteiger charge is 1.79. The fourth-order valence-corrected chi connectivity index (χ4v) is 0.424. The van der Waals surface area contributed by atoms with E-state index in [1.807, 2.05) is 6.92 Å². The molecule has 0 saturated heterocycles. The van der Waals surface area contributed by atoms with Crippen LogP contribution in [0.4, 0.5) is 0 Å². The van der Waals surface area contributed by atoms with E-state index in [4.69, 9.17) is 0 Å². The zero-order valence-electron chi connectivity index (χ0n) is 5.99. The first-order valence-electron chi connectivity index (χ1n) is 3.18. The van der Waals surface area contributed by atoms with Crippen LogP contribution in [0.25, 0.3) is 0 Å². The van der Waals surface area contributed by atoms with Crippen LogP contribution in [0, 0.1) is 0 Å². The van der Waals surface area contributed by atoms with Crippen LogP contribution in [0.2, 0.25) is 0 Å². The van der Waals surface area contributed by atoms with E-state index < -0.39 is 0 Å². The topological polar surface area (TPSA) is 12.0 Å². The Bertz CT molecular complexity index is 79.0. The van der Waals surface area contributed by atoms with E-state index in [1.165, 1.54) is 12.1 Å². The molecule has 0 spiro atoms. The first-order chi connectivity index (χ1) is 3.81. The van der Waals surface area contributed by atoms with Crippen LogP contribution in [0.3, 0.4) is 0 Å². The summed E-state index contributed by atoms with van der Waals surface area (Å²) < 4.78 is 0. The SMILES string of the molecule is C/C=C(\C)NCCC.[HH]. The number of allylic oxidation sites excluding steroid dienone is 2. The predicted molar refractivity (Wildman–Crippen MR) is 39.8 cm³/mol. The zero-order chi connectivity index (χ0) is 6.41. The Hall–Kier alpha value is -0.460. The summed E-state index contributed by atoms with van der Waals surface area (Å²) in [6.07, 6.45) is 3.28. The van der Waals surface area contributed by atoms with Crippen LogP contribution in [-0.2, 0) is 0 Å². The van der Waals surface area contributed by atoms with Crippen LogP contribution in [0.1, 0.15) is 28.6 Å². The molecule has 0 aliphatic carbocycles. The molecule has 0 heterocycles. The van der Waals surface area contributed by atoms with Gasteiger partial charge in [-0.05, 0) is 20.3 Å². The van der Waals surface area contributed by atoms with E-state index in [1.54, 1.807) is 0 Å². The molecule has 0 unspecified atom stereocenters. The summed E-state index contributed by atoms with van der Waals surface area (Å²) in [6.45, 7) is 7.37. The molecule has 0 amide bonds. The lowest BCUT2D eigenvalue weighted by atomic mass is 10.4. The molecular formula is C7H17N. The molecule has 0 aromatic heterocycles. The summed E-state index contributed by atoms with van der Waals surface area (Å²) in [6, 6.07) is 0. The number of nitrogens with one attached hydrogen (secondary N) is 1. The molecule has 0 aromatic carbocycles. The molecule has 0 saturated carbocycles. The molecule has 1 N–H and O–H groups in total.